The van der Waals surface area contributed by atoms with Gasteiger partial charge < -0.3 is 15.8 Å². The first kappa shape index (κ1) is 12.5. The molecule has 1 fully saturated rings. The minimum absolute atomic E-state index is 0.0478. The number of hydrogen-bond donors (Lipinski definition) is 2. The van der Waals surface area contributed by atoms with E-state index in [0.29, 0.717) is 5.92 Å². The van der Waals surface area contributed by atoms with Crippen LogP contribution in [-0.2, 0) is 9.53 Å². The molecule has 0 aromatic rings. The highest BCUT2D eigenvalue weighted by Gasteiger charge is 2.24. The third-order valence-electron chi connectivity index (χ3n) is 3.02. The maximum Gasteiger partial charge on any atom is 0.236 e. The summed E-state index contributed by atoms with van der Waals surface area (Å²) in [7, 11) is 0. The Hall–Kier alpha value is -0.610. The number of ether oxygens (including phenoxy) is 1. The maximum atomic E-state index is 11.5. The van der Waals surface area contributed by atoms with Gasteiger partial charge in [0, 0.05) is 19.3 Å². The number of carbonyl (C=O) groups excluding carboxylic acids is 1. The van der Waals surface area contributed by atoms with Crippen molar-refractivity contribution in [2.45, 2.75) is 45.2 Å². The van der Waals surface area contributed by atoms with Gasteiger partial charge in [0.05, 0.1) is 6.04 Å². The van der Waals surface area contributed by atoms with Gasteiger partial charge >= 0.3 is 0 Å². The Morgan fingerprint density at radius 3 is 2.60 bits per heavy atom. The molecule has 1 rings (SSSR count). The standard InChI is InChI=1S/C11H22N2O2/c1-3-10(13-11(14)8(2)12)9-4-6-15-7-5-9/h8-10H,3-7,12H2,1-2H3,(H,13,14)/t8-,10?/m0/s1. The number of nitrogens with two attached hydrogens (primary N) is 1. The molecule has 0 radical (unpaired) electrons. The first-order valence-electron chi connectivity index (χ1n) is 5.78. The van der Waals surface area contributed by atoms with Crippen LogP contribution in [0.4, 0.5) is 0 Å². The number of rotatable bonds is 4. The van der Waals surface area contributed by atoms with E-state index in [-0.39, 0.29) is 11.9 Å². The van der Waals surface area contributed by atoms with Crippen molar-refractivity contribution in [1.82, 2.24) is 5.32 Å². The Morgan fingerprint density at radius 2 is 2.13 bits per heavy atom. The summed E-state index contributed by atoms with van der Waals surface area (Å²) < 4.78 is 5.31. The highest BCUT2D eigenvalue weighted by atomic mass is 16.5. The van der Waals surface area contributed by atoms with E-state index in [9.17, 15) is 4.79 Å². The molecule has 0 saturated carbocycles. The average molecular weight is 214 g/mol. The smallest absolute Gasteiger partial charge is 0.236 e. The normalized spacial score (nSPS) is 22.1. The van der Waals surface area contributed by atoms with Crippen molar-refractivity contribution in [3.8, 4) is 0 Å². The quantitative estimate of drug-likeness (QED) is 0.722. The maximum absolute atomic E-state index is 11.5. The highest BCUT2D eigenvalue weighted by molar-refractivity contribution is 5.81. The summed E-state index contributed by atoms with van der Waals surface area (Å²) in [5.74, 6) is 0.500. The summed E-state index contributed by atoms with van der Waals surface area (Å²) in [6.07, 6.45) is 3.04. The first-order valence-corrected chi connectivity index (χ1v) is 5.78. The molecule has 1 aliphatic rings. The molecule has 15 heavy (non-hydrogen) atoms. The summed E-state index contributed by atoms with van der Waals surface area (Å²) in [6, 6.07) is -0.161. The van der Waals surface area contributed by atoms with Crippen LogP contribution in [0.2, 0.25) is 0 Å². The fourth-order valence-corrected chi connectivity index (χ4v) is 1.99. The molecule has 1 heterocycles. The van der Waals surface area contributed by atoms with Crippen LogP contribution in [0, 0.1) is 5.92 Å². The Kier molecular flexibility index (Phi) is 5.05. The minimum atomic E-state index is -0.418. The third kappa shape index (κ3) is 3.80. The number of nitrogens with one attached hydrogen (secondary N) is 1. The van der Waals surface area contributed by atoms with Crippen LogP contribution < -0.4 is 11.1 Å². The Bertz CT molecular complexity index is 201. The van der Waals surface area contributed by atoms with Crippen LogP contribution >= 0.6 is 0 Å². The summed E-state index contributed by atoms with van der Waals surface area (Å²) in [5, 5.41) is 3.02. The van der Waals surface area contributed by atoms with Crippen LogP contribution in [0.3, 0.4) is 0 Å². The second-order valence-corrected chi connectivity index (χ2v) is 4.26. The van der Waals surface area contributed by atoms with Crippen molar-refractivity contribution in [3.63, 3.8) is 0 Å². The lowest BCUT2D eigenvalue weighted by atomic mass is 9.90. The zero-order valence-electron chi connectivity index (χ0n) is 9.66. The van der Waals surface area contributed by atoms with Crippen molar-refractivity contribution in [2.24, 2.45) is 11.7 Å². The van der Waals surface area contributed by atoms with Crippen LogP contribution in [0.25, 0.3) is 0 Å². The number of amides is 1. The van der Waals surface area contributed by atoms with Gasteiger partial charge in [-0.3, -0.25) is 4.79 Å². The lowest BCUT2D eigenvalue weighted by molar-refractivity contribution is -0.123. The Labute approximate surface area is 91.5 Å². The molecular formula is C11H22N2O2. The molecule has 3 N–H and O–H groups in total. The van der Waals surface area contributed by atoms with E-state index in [1.54, 1.807) is 6.92 Å². The molecule has 1 aliphatic heterocycles. The van der Waals surface area contributed by atoms with E-state index in [0.717, 1.165) is 32.5 Å². The van der Waals surface area contributed by atoms with Crippen molar-refractivity contribution >= 4 is 5.91 Å². The van der Waals surface area contributed by atoms with E-state index in [4.69, 9.17) is 10.5 Å². The zero-order valence-corrected chi connectivity index (χ0v) is 9.66. The van der Waals surface area contributed by atoms with Gasteiger partial charge in [0.25, 0.3) is 0 Å². The van der Waals surface area contributed by atoms with E-state index in [1.807, 2.05) is 0 Å². The van der Waals surface area contributed by atoms with Gasteiger partial charge in [-0.2, -0.15) is 0 Å². The molecule has 0 aromatic carbocycles. The second kappa shape index (κ2) is 6.08. The number of carbonyl (C=O) groups is 1. The molecule has 2 atom stereocenters. The zero-order chi connectivity index (χ0) is 11.3. The second-order valence-electron chi connectivity index (χ2n) is 4.26. The molecule has 88 valence electrons. The molecule has 4 nitrogen and oxygen atoms in total. The molecule has 1 saturated heterocycles. The minimum Gasteiger partial charge on any atom is -0.381 e. The van der Waals surface area contributed by atoms with E-state index in [1.165, 1.54) is 0 Å². The lowest BCUT2D eigenvalue weighted by Crippen LogP contribution is -2.47. The van der Waals surface area contributed by atoms with Crippen LogP contribution in [0.5, 0.6) is 0 Å². The van der Waals surface area contributed by atoms with Crippen LogP contribution in [0.1, 0.15) is 33.1 Å². The van der Waals surface area contributed by atoms with Crippen LogP contribution in [-0.4, -0.2) is 31.2 Å². The molecule has 0 aliphatic carbocycles. The van der Waals surface area contributed by atoms with E-state index >= 15 is 0 Å². The van der Waals surface area contributed by atoms with Crippen molar-refractivity contribution in [3.05, 3.63) is 0 Å². The summed E-state index contributed by atoms with van der Waals surface area (Å²) >= 11 is 0. The van der Waals surface area contributed by atoms with E-state index < -0.39 is 6.04 Å². The van der Waals surface area contributed by atoms with Gasteiger partial charge in [-0.15, -0.1) is 0 Å². The Morgan fingerprint density at radius 1 is 1.53 bits per heavy atom. The van der Waals surface area contributed by atoms with Gasteiger partial charge in [-0.1, -0.05) is 6.92 Å². The third-order valence-corrected chi connectivity index (χ3v) is 3.02. The molecule has 0 bridgehead atoms. The van der Waals surface area contributed by atoms with Gasteiger partial charge in [-0.05, 0) is 32.1 Å². The summed E-state index contributed by atoms with van der Waals surface area (Å²) in [4.78, 5) is 11.5. The summed E-state index contributed by atoms with van der Waals surface area (Å²) in [6.45, 7) is 5.44. The average Bonchev–Trinajstić information content (AvgIpc) is 2.26. The molecule has 4 heteroatoms. The summed E-state index contributed by atoms with van der Waals surface area (Å²) in [5.41, 5.74) is 5.53. The molecule has 0 spiro atoms. The highest BCUT2D eigenvalue weighted by Crippen LogP contribution is 2.20. The van der Waals surface area contributed by atoms with Gasteiger partial charge in [0.15, 0.2) is 0 Å². The predicted molar refractivity (Wildman–Crippen MR) is 59.4 cm³/mol. The fraction of sp³-hybridized carbons (Fsp3) is 0.909. The topological polar surface area (TPSA) is 64.4 Å². The van der Waals surface area contributed by atoms with Gasteiger partial charge in [0.1, 0.15) is 0 Å². The van der Waals surface area contributed by atoms with Crippen molar-refractivity contribution in [1.29, 1.82) is 0 Å². The van der Waals surface area contributed by atoms with Crippen molar-refractivity contribution in [2.75, 3.05) is 13.2 Å². The molecule has 0 aromatic heterocycles. The SMILES string of the molecule is CCC(NC(=O)[C@H](C)N)C1CCOCC1. The monoisotopic (exact) mass is 214 g/mol. The predicted octanol–water partition coefficient (Wildman–Crippen LogP) is 0.655. The van der Waals surface area contributed by atoms with Gasteiger partial charge in [-0.25, -0.2) is 0 Å². The molecule has 1 amide bonds. The van der Waals surface area contributed by atoms with E-state index in [2.05, 4.69) is 12.2 Å². The first-order chi connectivity index (χ1) is 7.15. The molecular weight excluding hydrogens is 192 g/mol. The van der Waals surface area contributed by atoms with Crippen LogP contribution in [0.15, 0.2) is 0 Å². The number of hydrogen-bond acceptors (Lipinski definition) is 3. The largest absolute Gasteiger partial charge is 0.381 e. The van der Waals surface area contributed by atoms with Gasteiger partial charge in [0.2, 0.25) is 5.91 Å². The fourth-order valence-electron chi connectivity index (χ4n) is 1.99. The Balaban J connectivity index is 2.43. The van der Waals surface area contributed by atoms with Crippen molar-refractivity contribution < 1.29 is 9.53 Å². The lowest BCUT2D eigenvalue weighted by Gasteiger charge is -2.30. The molecule has 1 unspecified atom stereocenters.